The molecule has 0 radical (unpaired) electrons. The first kappa shape index (κ1) is 7.43. The maximum atomic E-state index is 10.7. The average molecular weight is 173 g/mol. The largest absolute Gasteiger partial charge is 0.480 e. The van der Waals surface area contributed by atoms with Crippen molar-refractivity contribution >= 4 is 17.7 Å². The number of carboxylic acids is 1. The molecule has 0 aromatic heterocycles. The van der Waals surface area contributed by atoms with Crippen LogP contribution in [0.25, 0.3) is 0 Å². The summed E-state index contributed by atoms with van der Waals surface area (Å²) in [5, 5.41) is 9.33. The van der Waals surface area contributed by atoms with Gasteiger partial charge in [0.05, 0.1) is 5.37 Å². The van der Waals surface area contributed by atoms with E-state index in [1.54, 1.807) is 0 Å². The minimum atomic E-state index is -0.644. The first-order valence-corrected chi connectivity index (χ1v) is 4.94. The van der Waals surface area contributed by atoms with Gasteiger partial charge in [-0.1, -0.05) is 0 Å². The van der Waals surface area contributed by atoms with E-state index < -0.39 is 5.97 Å². The lowest BCUT2D eigenvalue weighted by Gasteiger charge is -2.47. The Balaban J connectivity index is 2.03. The lowest BCUT2D eigenvalue weighted by atomic mass is 10.1. The van der Waals surface area contributed by atoms with Crippen LogP contribution in [0.1, 0.15) is 12.8 Å². The van der Waals surface area contributed by atoms with Crippen molar-refractivity contribution in [3.63, 3.8) is 0 Å². The fourth-order valence-corrected chi connectivity index (χ4v) is 3.01. The highest BCUT2D eigenvalue weighted by Crippen LogP contribution is 2.36. The molecule has 0 spiro atoms. The Morgan fingerprint density at radius 2 is 2.36 bits per heavy atom. The minimum Gasteiger partial charge on any atom is -0.480 e. The number of fused-ring (bicyclic) bond motifs is 1. The van der Waals surface area contributed by atoms with Crippen molar-refractivity contribution < 1.29 is 9.90 Å². The molecular weight excluding hydrogens is 162 g/mol. The molecule has 0 aromatic carbocycles. The Kier molecular flexibility index (Phi) is 1.81. The molecule has 4 heteroatoms. The van der Waals surface area contributed by atoms with Crippen LogP contribution >= 0.6 is 11.8 Å². The van der Waals surface area contributed by atoms with Crippen LogP contribution in [0.5, 0.6) is 0 Å². The van der Waals surface area contributed by atoms with Gasteiger partial charge in [-0.05, 0) is 18.6 Å². The first-order chi connectivity index (χ1) is 5.29. The fraction of sp³-hybridized carbons (Fsp3) is 0.857. The van der Waals surface area contributed by atoms with Gasteiger partial charge in [-0.3, -0.25) is 9.69 Å². The first-order valence-electron chi connectivity index (χ1n) is 3.89. The Morgan fingerprint density at radius 3 is 2.82 bits per heavy atom. The number of carboxylic acid groups (broad SMARTS) is 1. The zero-order valence-electron chi connectivity index (χ0n) is 6.19. The van der Waals surface area contributed by atoms with Crippen LogP contribution in [-0.4, -0.2) is 39.7 Å². The summed E-state index contributed by atoms with van der Waals surface area (Å²) in [4.78, 5) is 12.8. The van der Waals surface area contributed by atoms with E-state index in [0.717, 1.165) is 18.7 Å². The van der Waals surface area contributed by atoms with Gasteiger partial charge in [0.2, 0.25) is 0 Å². The second-order valence-electron chi connectivity index (χ2n) is 2.99. The van der Waals surface area contributed by atoms with Gasteiger partial charge < -0.3 is 5.11 Å². The standard InChI is InChI=1S/C7H11NO2S/c9-7(10)5-2-4-11-6-1-3-8(5)6/h5-6H,1-4H2,(H,9,10). The molecule has 0 aliphatic carbocycles. The van der Waals surface area contributed by atoms with Gasteiger partial charge in [-0.15, -0.1) is 11.8 Å². The van der Waals surface area contributed by atoms with Crippen LogP contribution in [-0.2, 0) is 4.79 Å². The average Bonchev–Trinajstić information content (AvgIpc) is 1.90. The summed E-state index contributed by atoms with van der Waals surface area (Å²) in [5.41, 5.74) is 0. The summed E-state index contributed by atoms with van der Waals surface area (Å²) in [5.74, 6) is 0.369. The van der Waals surface area contributed by atoms with E-state index in [0.29, 0.717) is 5.37 Å². The molecule has 11 heavy (non-hydrogen) atoms. The lowest BCUT2D eigenvalue weighted by molar-refractivity contribution is -0.145. The summed E-state index contributed by atoms with van der Waals surface area (Å²) in [6.07, 6.45) is 1.99. The number of hydrogen-bond donors (Lipinski definition) is 1. The molecular formula is C7H11NO2S. The molecule has 2 rings (SSSR count). The highest BCUT2D eigenvalue weighted by atomic mass is 32.2. The second kappa shape index (κ2) is 2.68. The quantitative estimate of drug-likeness (QED) is 0.630. The van der Waals surface area contributed by atoms with Crippen LogP contribution in [0, 0.1) is 0 Å². The lowest BCUT2D eigenvalue weighted by Crippen LogP contribution is -2.57. The Hall–Kier alpha value is -0.220. The van der Waals surface area contributed by atoms with Gasteiger partial charge in [-0.2, -0.15) is 0 Å². The summed E-state index contributed by atoms with van der Waals surface area (Å²) in [6, 6.07) is -0.185. The van der Waals surface area contributed by atoms with Crippen LogP contribution in [0.3, 0.4) is 0 Å². The third-order valence-electron chi connectivity index (χ3n) is 2.39. The molecule has 2 atom stereocenters. The zero-order chi connectivity index (χ0) is 7.84. The number of rotatable bonds is 1. The van der Waals surface area contributed by atoms with Crippen molar-refractivity contribution in [2.24, 2.45) is 0 Å². The van der Waals surface area contributed by atoms with Crippen LogP contribution in [0.15, 0.2) is 0 Å². The molecule has 2 aliphatic heterocycles. The van der Waals surface area contributed by atoms with E-state index in [2.05, 4.69) is 4.90 Å². The predicted octanol–water partition coefficient (Wildman–Crippen LogP) is 0.608. The number of hydrogen-bond acceptors (Lipinski definition) is 3. The maximum absolute atomic E-state index is 10.7. The molecule has 2 heterocycles. The van der Waals surface area contributed by atoms with Gasteiger partial charge in [0.1, 0.15) is 6.04 Å². The third kappa shape index (κ3) is 1.14. The summed E-state index contributed by atoms with van der Waals surface area (Å²) in [7, 11) is 0. The van der Waals surface area contributed by atoms with E-state index in [1.807, 2.05) is 11.8 Å². The minimum absolute atomic E-state index is 0.185. The van der Waals surface area contributed by atoms with E-state index in [1.165, 1.54) is 6.42 Å². The normalized spacial score (nSPS) is 37.5. The van der Waals surface area contributed by atoms with Gasteiger partial charge in [0, 0.05) is 6.54 Å². The van der Waals surface area contributed by atoms with E-state index >= 15 is 0 Å². The Bertz CT molecular complexity index is 185. The van der Waals surface area contributed by atoms with Crippen LogP contribution < -0.4 is 0 Å². The van der Waals surface area contributed by atoms with Crippen molar-refractivity contribution in [3.05, 3.63) is 0 Å². The van der Waals surface area contributed by atoms with Crippen molar-refractivity contribution in [3.8, 4) is 0 Å². The molecule has 2 saturated heterocycles. The van der Waals surface area contributed by atoms with E-state index in [9.17, 15) is 4.79 Å². The summed E-state index contributed by atoms with van der Waals surface area (Å²) < 4.78 is 0. The zero-order valence-corrected chi connectivity index (χ0v) is 7.01. The monoisotopic (exact) mass is 173 g/mol. The van der Waals surface area contributed by atoms with Crippen LogP contribution in [0.2, 0.25) is 0 Å². The number of aliphatic carboxylic acids is 1. The van der Waals surface area contributed by atoms with Crippen LogP contribution in [0.4, 0.5) is 0 Å². The highest BCUT2D eigenvalue weighted by Gasteiger charge is 2.40. The number of nitrogens with zero attached hydrogens (tertiary/aromatic N) is 1. The molecule has 2 fully saturated rings. The van der Waals surface area contributed by atoms with Crippen molar-refractivity contribution in [1.29, 1.82) is 0 Å². The van der Waals surface area contributed by atoms with Crippen molar-refractivity contribution in [2.75, 3.05) is 12.3 Å². The molecule has 2 unspecified atom stereocenters. The van der Waals surface area contributed by atoms with Crippen molar-refractivity contribution in [2.45, 2.75) is 24.3 Å². The fourth-order valence-electron chi connectivity index (χ4n) is 1.67. The summed E-state index contributed by atoms with van der Waals surface area (Å²) >= 11 is 1.90. The number of thioether (sulfide) groups is 1. The number of carbonyl (C=O) groups is 1. The maximum Gasteiger partial charge on any atom is 0.320 e. The molecule has 0 bridgehead atoms. The van der Waals surface area contributed by atoms with Crippen molar-refractivity contribution in [1.82, 2.24) is 4.90 Å². The SMILES string of the molecule is O=C(O)C1CCSC2CCN21. The third-order valence-corrected chi connectivity index (χ3v) is 3.75. The second-order valence-corrected chi connectivity index (χ2v) is 4.28. The van der Waals surface area contributed by atoms with Gasteiger partial charge in [-0.25, -0.2) is 0 Å². The van der Waals surface area contributed by atoms with Gasteiger partial charge in [0.15, 0.2) is 0 Å². The molecule has 1 N–H and O–H groups in total. The highest BCUT2D eigenvalue weighted by molar-refractivity contribution is 7.99. The van der Waals surface area contributed by atoms with Gasteiger partial charge >= 0.3 is 5.97 Å². The summed E-state index contributed by atoms with van der Waals surface area (Å²) in [6.45, 7) is 0.981. The van der Waals surface area contributed by atoms with Gasteiger partial charge in [0.25, 0.3) is 0 Å². The molecule has 0 saturated carbocycles. The molecule has 0 aromatic rings. The molecule has 3 nitrogen and oxygen atoms in total. The Morgan fingerprint density at radius 1 is 1.55 bits per heavy atom. The molecule has 62 valence electrons. The topological polar surface area (TPSA) is 40.5 Å². The Labute approximate surface area is 69.8 Å². The smallest absolute Gasteiger partial charge is 0.320 e. The predicted molar refractivity (Wildman–Crippen MR) is 43.6 cm³/mol. The van der Waals surface area contributed by atoms with E-state index in [-0.39, 0.29) is 6.04 Å². The molecule has 2 aliphatic rings. The van der Waals surface area contributed by atoms with E-state index in [4.69, 9.17) is 5.11 Å². The molecule has 0 amide bonds.